The Hall–Kier alpha value is -2.55. The second kappa shape index (κ2) is 8.77. The Balaban J connectivity index is 1.93. The average Bonchev–Trinajstić information content (AvgIpc) is 3.02. The number of methoxy groups -OCH3 is 1. The van der Waals surface area contributed by atoms with E-state index in [0.29, 0.717) is 39.0 Å². The Morgan fingerprint density at radius 2 is 2.00 bits per heavy atom. The highest BCUT2D eigenvalue weighted by Crippen LogP contribution is 2.43. The SMILES string of the molecule is COc1cc(C2c3c(oc4ccc(Cl)cc4c3=O)C(=O)N2CCCN(C)C)cc(Br)c1O. The molecule has 0 aliphatic carbocycles. The summed E-state index contributed by atoms with van der Waals surface area (Å²) in [7, 11) is 5.36. The molecular weight excluding hydrogens is 500 g/mol. The molecule has 4 rings (SSSR count). The van der Waals surface area contributed by atoms with Gasteiger partial charge in [-0.25, -0.2) is 0 Å². The second-order valence-electron chi connectivity index (χ2n) is 7.93. The minimum Gasteiger partial charge on any atom is -0.503 e. The van der Waals surface area contributed by atoms with Crippen LogP contribution in [0.15, 0.2) is 44.0 Å². The lowest BCUT2D eigenvalue weighted by atomic mass is 9.98. The molecule has 32 heavy (non-hydrogen) atoms. The van der Waals surface area contributed by atoms with Crippen LogP contribution in [-0.2, 0) is 0 Å². The van der Waals surface area contributed by atoms with E-state index in [1.807, 2.05) is 19.0 Å². The number of halogens is 2. The summed E-state index contributed by atoms with van der Waals surface area (Å²) in [6.07, 6.45) is 0.707. The summed E-state index contributed by atoms with van der Waals surface area (Å²) in [5.41, 5.74) is 0.886. The van der Waals surface area contributed by atoms with Gasteiger partial charge in [0.05, 0.1) is 28.6 Å². The van der Waals surface area contributed by atoms with Crippen molar-refractivity contribution in [2.24, 2.45) is 0 Å². The number of nitrogens with zero attached hydrogens (tertiary/aromatic N) is 2. The maximum Gasteiger partial charge on any atom is 0.290 e. The minimum atomic E-state index is -0.690. The van der Waals surface area contributed by atoms with Gasteiger partial charge in [0.1, 0.15) is 5.58 Å². The van der Waals surface area contributed by atoms with Gasteiger partial charge in [-0.15, -0.1) is 0 Å². The van der Waals surface area contributed by atoms with Gasteiger partial charge in [0, 0.05) is 11.6 Å². The molecule has 0 fully saturated rings. The average molecular weight is 522 g/mol. The van der Waals surface area contributed by atoms with Crippen molar-refractivity contribution >= 4 is 44.4 Å². The number of hydrogen-bond donors (Lipinski definition) is 1. The Kier molecular flexibility index (Phi) is 6.20. The van der Waals surface area contributed by atoms with Crippen LogP contribution in [0.5, 0.6) is 11.5 Å². The van der Waals surface area contributed by atoms with Crippen LogP contribution in [0.2, 0.25) is 5.02 Å². The van der Waals surface area contributed by atoms with Gasteiger partial charge in [0.2, 0.25) is 5.76 Å². The number of hydrogen-bond acceptors (Lipinski definition) is 6. The van der Waals surface area contributed by atoms with Crippen molar-refractivity contribution in [2.75, 3.05) is 34.3 Å². The number of phenolic OH excluding ortho intramolecular Hbond substituents is 1. The van der Waals surface area contributed by atoms with E-state index in [2.05, 4.69) is 15.9 Å². The number of fused-ring (bicyclic) bond motifs is 2. The van der Waals surface area contributed by atoms with Crippen molar-refractivity contribution in [3.05, 3.63) is 66.9 Å². The smallest absolute Gasteiger partial charge is 0.290 e. The molecule has 2 aromatic carbocycles. The monoisotopic (exact) mass is 520 g/mol. The van der Waals surface area contributed by atoms with Gasteiger partial charge in [-0.1, -0.05) is 11.6 Å². The van der Waals surface area contributed by atoms with E-state index in [4.69, 9.17) is 20.8 Å². The summed E-state index contributed by atoms with van der Waals surface area (Å²) in [4.78, 5) is 30.6. The van der Waals surface area contributed by atoms with E-state index >= 15 is 0 Å². The lowest BCUT2D eigenvalue weighted by Crippen LogP contribution is -2.32. The molecule has 0 saturated carbocycles. The zero-order chi connectivity index (χ0) is 23.2. The van der Waals surface area contributed by atoms with Gasteiger partial charge in [-0.05, 0) is 78.9 Å². The molecule has 1 aromatic heterocycles. The predicted molar refractivity (Wildman–Crippen MR) is 126 cm³/mol. The van der Waals surface area contributed by atoms with Crippen LogP contribution in [-0.4, -0.2) is 55.1 Å². The summed E-state index contributed by atoms with van der Waals surface area (Å²) >= 11 is 9.46. The van der Waals surface area contributed by atoms with Gasteiger partial charge < -0.3 is 24.1 Å². The zero-order valence-corrected chi connectivity index (χ0v) is 20.2. The number of phenols is 1. The molecule has 3 aromatic rings. The van der Waals surface area contributed by atoms with Crippen molar-refractivity contribution < 1.29 is 19.1 Å². The van der Waals surface area contributed by atoms with Crippen LogP contribution in [0.1, 0.15) is 34.1 Å². The van der Waals surface area contributed by atoms with E-state index in [1.54, 1.807) is 35.2 Å². The number of rotatable bonds is 6. The van der Waals surface area contributed by atoms with Crippen LogP contribution in [0.25, 0.3) is 11.0 Å². The quantitative estimate of drug-likeness (QED) is 0.517. The van der Waals surface area contributed by atoms with Gasteiger partial charge in [-0.3, -0.25) is 9.59 Å². The summed E-state index contributed by atoms with van der Waals surface area (Å²) in [6, 6.07) is 7.39. The fraction of sp³-hybridized carbons (Fsp3) is 0.304. The molecule has 0 spiro atoms. The fourth-order valence-corrected chi connectivity index (χ4v) is 4.67. The minimum absolute atomic E-state index is 0.0304. The number of amides is 1. The second-order valence-corrected chi connectivity index (χ2v) is 9.22. The largest absolute Gasteiger partial charge is 0.503 e. The van der Waals surface area contributed by atoms with E-state index in [-0.39, 0.29) is 34.2 Å². The molecule has 0 radical (unpaired) electrons. The van der Waals surface area contributed by atoms with Crippen molar-refractivity contribution in [3.8, 4) is 11.5 Å². The summed E-state index contributed by atoms with van der Waals surface area (Å²) in [6.45, 7) is 1.19. The first-order chi connectivity index (χ1) is 15.2. The number of carbonyl (C=O) groups excluding carboxylic acids is 1. The molecule has 9 heteroatoms. The number of benzene rings is 2. The zero-order valence-electron chi connectivity index (χ0n) is 17.8. The van der Waals surface area contributed by atoms with E-state index < -0.39 is 6.04 Å². The Morgan fingerprint density at radius 1 is 1.25 bits per heavy atom. The van der Waals surface area contributed by atoms with Gasteiger partial charge in [0.15, 0.2) is 16.9 Å². The first kappa shape index (κ1) is 22.6. The third-order valence-corrected chi connectivity index (χ3v) is 6.36. The topological polar surface area (TPSA) is 83.2 Å². The van der Waals surface area contributed by atoms with Crippen molar-refractivity contribution in [2.45, 2.75) is 12.5 Å². The highest BCUT2D eigenvalue weighted by molar-refractivity contribution is 9.10. The van der Waals surface area contributed by atoms with E-state index in [0.717, 1.165) is 6.54 Å². The molecule has 1 amide bonds. The first-order valence-corrected chi connectivity index (χ1v) is 11.2. The molecule has 1 N–H and O–H groups in total. The highest BCUT2D eigenvalue weighted by atomic mass is 79.9. The standard InChI is InChI=1S/C23H22BrClN2O5/c1-26(2)7-4-8-27-19(12-9-15(24)21(29)17(10-12)31-3)18-20(28)14-11-13(25)5-6-16(14)32-22(18)23(27)30/h5-6,9-11,19,29H,4,7-8H2,1-3H3. The Morgan fingerprint density at radius 3 is 2.69 bits per heavy atom. The van der Waals surface area contributed by atoms with Crippen molar-refractivity contribution in [3.63, 3.8) is 0 Å². The molecule has 168 valence electrons. The molecule has 0 saturated heterocycles. The number of aromatic hydroxyl groups is 1. The van der Waals surface area contributed by atoms with Crippen LogP contribution >= 0.6 is 27.5 Å². The van der Waals surface area contributed by atoms with Crippen LogP contribution in [0.3, 0.4) is 0 Å². The normalized spacial score (nSPS) is 15.6. The third-order valence-electron chi connectivity index (χ3n) is 5.52. The summed E-state index contributed by atoms with van der Waals surface area (Å²) in [5.74, 6) is -0.141. The van der Waals surface area contributed by atoms with Gasteiger partial charge in [-0.2, -0.15) is 0 Å². The third kappa shape index (κ3) is 3.87. The molecule has 2 heterocycles. The predicted octanol–water partition coefficient (Wildman–Crippen LogP) is 4.42. The molecule has 1 aliphatic heterocycles. The molecule has 1 atom stereocenters. The number of carbonyl (C=O) groups is 1. The van der Waals surface area contributed by atoms with Gasteiger partial charge >= 0.3 is 0 Å². The summed E-state index contributed by atoms with van der Waals surface area (Å²) in [5, 5.41) is 11.0. The molecular formula is C23H22BrClN2O5. The van der Waals surface area contributed by atoms with E-state index in [9.17, 15) is 14.7 Å². The van der Waals surface area contributed by atoms with Crippen LogP contribution < -0.4 is 10.2 Å². The van der Waals surface area contributed by atoms with Crippen molar-refractivity contribution in [1.29, 1.82) is 0 Å². The van der Waals surface area contributed by atoms with Crippen LogP contribution in [0.4, 0.5) is 0 Å². The van der Waals surface area contributed by atoms with Crippen LogP contribution in [0, 0.1) is 0 Å². The Bertz CT molecular complexity index is 1270. The lowest BCUT2D eigenvalue weighted by Gasteiger charge is -2.26. The maximum atomic E-state index is 13.5. The highest BCUT2D eigenvalue weighted by Gasteiger charge is 2.43. The summed E-state index contributed by atoms with van der Waals surface area (Å²) < 4.78 is 11.6. The first-order valence-electron chi connectivity index (χ1n) is 10.0. The molecule has 0 bridgehead atoms. The Labute approximate surface area is 198 Å². The molecule has 1 aliphatic rings. The van der Waals surface area contributed by atoms with Gasteiger partial charge in [0.25, 0.3) is 5.91 Å². The maximum absolute atomic E-state index is 13.5. The molecule has 7 nitrogen and oxygen atoms in total. The fourth-order valence-electron chi connectivity index (χ4n) is 4.03. The van der Waals surface area contributed by atoms with Crippen molar-refractivity contribution in [1.82, 2.24) is 9.80 Å². The number of ether oxygens (including phenoxy) is 1. The lowest BCUT2D eigenvalue weighted by molar-refractivity contribution is 0.0722. The molecule has 1 unspecified atom stereocenters. The van der Waals surface area contributed by atoms with E-state index in [1.165, 1.54) is 7.11 Å².